The molecule has 32 heavy (non-hydrogen) atoms. The van der Waals surface area contributed by atoms with Gasteiger partial charge < -0.3 is 14.8 Å². The molecule has 0 fully saturated rings. The molecule has 0 bridgehead atoms. The van der Waals surface area contributed by atoms with Gasteiger partial charge in [0.25, 0.3) is 5.91 Å². The highest BCUT2D eigenvalue weighted by Crippen LogP contribution is 2.33. The highest BCUT2D eigenvalue weighted by atomic mass is 35.5. The van der Waals surface area contributed by atoms with Crippen molar-refractivity contribution in [2.45, 2.75) is 0 Å². The van der Waals surface area contributed by atoms with Crippen LogP contribution in [0.1, 0.15) is 31.8 Å². The van der Waals surface area contributed by atoms with Gasteiger partial charge in [-0.1, -0.05) is 54.1 Å². The minimum atomic E-state index is -0.724. The molecular weight excluding hydrogens is 434 g/mol. The average molecular weight is 450 g/mol. The average Bonchev–Trinajstić information content (AvgIpc) is 2.81. The van der Waals surface area contributed by atoms with E-state index in [1.807, 2.05) is 6.07 Å². The number of carbonyl (C=O) groups excluding carboxylic acids is 4. The first-order chi connectivity index (χ1) is 15.4. The summed E-state index contributed by atoms with van der Waals surface area (Å²) >= 11 is 6.22. The molecule has 0 heterocycles. The number of ketones is 2. The van der Waals surface area contributed by atoms with Crippen LogP contribution < -0.4 is 10.1 Å². The quantitative estimate of drug-likeness (QED) is 0.451. The van der Waals surface area contributed by atoms with Gasteiger partial charge in [-0.25, -0.2) is 4.79 Å². The Morgan fingerprint density at radius 1 is 0.781 bits per heavy atom. The molecule has 1 N–H and O–H groups in total. The number of esters is 1. The van der Waals surface area contributed by atoms with Crippen molar-refractivity contribution < 1.29 is 28.7 Å². The second kappa shape index (κ2) is 9.03. The monoisotopic (exact) mass is 449 g/mol. The van der Waals surface area contributed by atoms with Crippen LogP contribution in [0.2, 0.25) is 5.02 Å². The van der Waals surface area contributed by atoms with Crippen LogP contribution in [-0.4, -0.2) is 36.7 Å². The van der Waals surface area contributed by atoms with E-state index in [4.69, 9.17) is 21.1 Å². The Morgan fingerprint density at radius 2 is 1.38 bits per heavy atom. The number of ether oxygens (including phenoxy) is 2. The molecule has 8 heteroatoms. The minimum Gasteiger partial charge on any atom is -0.482 e. The molecule has 1 aliphatic carbocycles. The smallest absolute Gasteiger partial charge is 0.344 e. The van der Waals surface area contributed by atoms with E-state index in [-0.39, 0.29) is 45.6 Å². The summed E-state index contributed by atoms with van der Waals surface area (Å²) in [7, 11) is 0. The van der Waals surface area contributed by atoms with Gasteiger partial charge in [-0.3, -0.25) is 14.4 Å². The van der Waals surface area contributed by atoms with Crippen molar-refractivity contribution in [2.24, 2.45) is 0 Å². The van der Waals surface area contributed by atoms with Crippen molar-refractivity contribution in [3.8, 4) is 5.75 Å². The fourth-order valence-electron chi connectivity index (χ4n) is 3.25. The predicted octanol–water partition coefficient (Wildman–Crippen LogP) is 3.68. The third kappa shape index (κ3) is 4.38. The third-order valence-corrected chi connectivity index (χ3v) is 5.06. The van der Waals surface area contributed by atoms with E-state index in [0.717, 1.165) is 0 Å². The Hall–Kier alpha value is -3.97. The number of amides is 1. The molecule has 0 spiro atoms. The molecule has 3 aromatic rings. The number of anilines is 1. The number of nitrogens with one attached hydrogen (secondary N) is 1. The molecule has 0 aliphatic heterocycles. The first-order valence-electron chi connectivity index (χ1n) is 9.59. The zero-order valence-electron chi connectivity index (χ0n) is 16.6. The molecule has 0 radical (unpaired) electrons. The van der Waals surface area contributed by atoms with Crippen LogP contribution in [0.4, 0.5) is 5.69 Å². The van der Waals surface area contributed by atoms with Gasteiger partial charge in [0.2, 0.25) is 0 Å². The number of hydrogen-bond acceptors (Lipinski definition) is 6. The van der Waals surface area contributed by atoms with E-state index >= 15 is 0 Å². The van der Waals surface area contributed by atoms with Crippen molar-refractivity contribution in [2.75, 3.05) is 18.5 Å². The highest BCUT2D eigenvalue weighted by Gasteiger charge is 2.30. The SMILES string of the molecule is O=C(COC(=O)COc1ccccc1)Nc1cc2c(cc1Cl)C(=O)c1ccccc1C2=O. The molecule has 1 amide bonds. The van der Waals surface area contributed by atoms with Gasteiger partial charge in [0.1, 0.15) is 5.75 Å². The molecule has 0 aromatic heterocycles. The Kier molecular flexibility index (Phi) is 6.00. The highest BCUT2D eigenvalue weighted by molar-refractivity contribution is 6.36. The van der Waals surface area contributed by atoms with Crippen LogP contribution >= 0.6 is 11.6 Å². The fourth-order valence-corrected chi connectivity index (χ4v) is 3.46. The second-order valence-electron chi connectivity index (χ2n) is 6.89. The Balaban J connectivity index is 1.40. The number of carbonyl (C=O) groups is 4. The van der Waals surface area contributed by atoms with Gasteiger partial charge >= 0.3 is 5.97 Å². The molecule has 4 rings (SSSR count). The summed E-state index contributed by atoms with van der Waals surface area (Å²) in [4.78, 5) is 49.5. The zero-order chi connectivity index (χ0) is 22.7. The largest absolute Gasteiger partial charge is 0.482 e. The summed E-state index contributed by atoms with van der Waals surface area (Å²) in [5.74, 6) is -1.54. The van der Waals surface area contributed by atoms with E-state index in [1.54, 1.807) is 48.5 Å². The number of rotatable bonds is 6. The molecule has 0 saturated carbocycles. The Bertz CT molecular complexity index is 1240. The lowest BCUT2D eigenvalue weighted by atomic mass is 9.84. The topological polar surface area (TPSA) is 98.8 Å². The van der Waals surface area contributed by atoms with Crippen LogP contribution in [-0.2, 0) is 14.3 Å². The number of hydrogen-bond donors (Lipinski definition) is 1. The summed E-state index contributed by atoms with van der Waals surface area (Å²) in [5, 5.41) is 2.58. The van der Waals surface area contributed by atoms with Gasteiger partial charge in [0.05, 0.1) is 10.7 Å². The third-order valence-electron chi connectivity index (χ3n) is 4.75. The van der Waals surface area contributed by atoms with Crippen molar-refractivity contribution in [3.63, 3.8) is 0 Å². The molecule has 3 aromatic carbocycles. The minimum absolute atomic E-state index is 0.0800. The normalized spacial score (nSPS) is 11.9. The molecule has 7 nitrogen and oxygen atoms in total. The van der Waals surface area contributed by atoms with Crippen LogP contribution in [0.5, 0.6) is 5.75 Å². The van der Waals surface area contributed by atoms with Crippen LogP contribution in [0.15, 0.2) is 66.7 Å². The van der Waals surface area contributed by atoms with Gasteiger partial charge in [0.15, 0.2) is 24.8 Å². The van der Waals surface area contributed by atoms with Gasteiger partial charge in [0, 0.05) is 22.3 Å². The number of para-hydroxylation sites is 1. The summed E-state index contributed by atoms with van der Waals surface area (Å²) in [5.41, 5.74) is 1.04. The fraction of sp³-hybridized carbons (Fsp3) is 0.0833. The van der Waals surface area contributed by atoms with Crippen LogP contribution in [0, 0.1) is 0 Å². The van der Waals surface area contributed by atoms with Crippen molar-refractivity contribution in [1.29, 1.82) is 0 Å². The van der Waals surface area contributed by atoms with Crippen LogP contribution in [0.25, 0.3) is 0 Å². The van der Waals surface area contributed by atoms with Crippen LogP contribution in [0.3, 0.4) is 0 Å². The molecule has 1 aliphatic rings. The van der Waals surface area contributed by atoms with Gasteiger partial charge in [-0.2, -0.15) is 0 Å². The maximum Gasteiger partial charge on any atom is 0.344 e. The van der Waals surface area contributed by atoms with Crippen molar-refractivity contribution in [3.05, 3.63) is 94.0 Å². The van der Waals surface area contributed by atoms with E-state index in [2.05, 4.69) is 5.32 Å². The lowest BCUT2D eigenvalue weighted by Gasteiger charge is -2.19. The Morgan fingerprint density at radius 3 is 2.03 bits per heavy atom. The summed E-state index contributed by atoms with van der Waals surface area (Å²) in [6, 6.07) is 17.9. The standard InChI is InChI=1S/C24H16ClNO6/c25-19-10-17-18(24(30)16-9-5-4-8-15(16)23(17)29)11-20(19)26-21(27)12-32-22(28)13-31-14-6-2-1-3-7-14/h1-11H,12-13H2,(H,26,27). The number of halogens is 1. The number of fused-ring (bicyclic) bond motifs is 2. The van der Waals surface area contributed by atoms with Crippen molar-refractivity contribution in [1.82, 2.24) is 0 Å². The molecule has 0 atom stereocenters. The first kappa shape index (κ1) is 21.3. The van der Waals surface area contributed by atoms with E-state index < -0.39 is 18.5 Å². The molecular formula is C24H16ClNO6. The maximum absolute atomic E-state index is 12.8. The van der Waals surface area contributed by atoms with E-state index in [1.165, 1.54) is 12.1 Å². The summed E-state index contributed by atoms with van der Waals surface area (Å²) in [6.07, 6.45) is 0. The lowest BCUT2D eigenvalue weighted by molar-refractivity contribution is -0.149. The lowest BCUT2D eigenvalue weighted by Crippen LogP contribution is -2.25. The summed E-state index contributed by atoms with van der Waals surface area (Å²) in [6.45, 7) is -0.924. The van der Waals surface area contributed by atoms with Gasteiger partial charge in [-0.15, -0.1) is 0 Å². The predicted molar refractivity (Wildman–Crippen MR) is 116 cm³/mol. The molecule has 0 saturated heterocycles. The molecule has 160 valence electrons. The Labute approximate surface area is 187 Å². The second-order valence-corrected chi connectivity index (χ2v) is 7.30. The maximum atomic E-state index is 12.8. The van der Waals surface area contributed by atoms with E-state index in [9.17, 15) is 19.2 Å². The van der Waals surface area contributed by atoms with Gasteiger partial charge in [-0.05, 0) is 24.3 Å². The first-order valence-corrected chi connectivity index (χ1v) is 9.97. The van der Waals surface area contributed by atoms with Crippen molar-refractivity contribution >= 4 is 40.7 Å². The number of benzene rings is 3. The summed E-state index contributed by atoms with van der Waals surface area (Å²) < 4.78 is 10.1. The zero-order valence-corrected chi connectivity index (χ0v) is 17.3. The molecule has 0 unspecified atom stereocenters. The van der Waals surface area contributed by atoms with E-state index in [0.29, 0.717) is 11.3 Å².